The van der Waals surface area contributed by atoms with Crippen LogP contribution in [0.3, 0.4) is 0 Å². The molecule has 0 amide bonds. The van der Waals surface area contributed by atoms with Crippen LogP contribution in [0, 0.1) is 0 Å². The van der Waals surface area contributed by atoms with Crippen LogP contribution in [0.25, 0.3) is 0 Å². The molecule has 0 spiro atoms. The predicted octanol–water partition coefficient (Wildman–Crippen LogP) is 15.3. The number of carbonyl (C=O) groups is 2. The number of esters is 1. The van der Waals surface area contributed by atoms with Gasteiger partial charge in [-0.25, -0.2) is 0 Å². The van der Waals surface area contributed by atoms with Gasteiger partial charge in [0.05, 0.1) is 0 Å². The van der Waals surface area contributed by atoms with E-state index in [0.717, 1.165) is 51.4 Å². The summed E-state index contributed by atoms with van der Waals surface area (Å²) < 4.78 is 5.80. The molecule has 0 aromatic heterocycles. The zero-order valence-electron chi connectivity index (χ0n) is 33.7. The van der Waals surface area contributed by atoms with E-state index in [1.165, 1.54) is 128 Å². The van der Waals surface area contributed by atoms with E-state index in [2.05, 4.69) is 68.5 Å². The molecule has 1 atom stereocenters. The normalized spacial score (nSPS) is 12.8. The highest BCUT2D eigenvalue weighted by molar-refractivity contribution is 5.69. The van der Waals surface area contributed by atoms with Gasteiger partial charge in [0, 0.05) is 12.8 Å². The molecule has 0 aromatic rings. The topological polar surface area (TPSA) is 63.6 Å². The molecule has 294 valence electrons. The van der Waals surface area contributed by atoms with E-state index >= 15 is 0 Å². The van der Waals surface area contributed by atoms with E-state index in [1.54, 1.807) is 0 Å². The standard InChI is InChI=1S/C47H82O4/c1-3-5-7-9-11-13-15-17-19-20-21-22-23-24-25-26-28-30-32-34-36-38-44-47(50)51-45(42-39-40-43-46(48)49)41-37-35-33-31-29-27-18-16-14-12-10-8-6-4-2/h6,8,12,14,18,27,31,33,37,41,45H,3-5,7,9-11,13,15-17,19-26,28-30,32,34-36,38-40,42-44H2,1-2H3,(H,48,49)/b8-6-,14-12-,27-18-,33-31-,41-37-. The molecule has 0 aliphatic rings. The van der Waals surface area contributed by atoms with Crippen molar-refractivity contribution in [2.75, 3.05) is 0 Å². The van der Waals surface area contributed by atoms with Gasteiger partial charge in [0.15, 0.2) is 0 Å². The van der Waals surface area contributed by atoms with Gasteiger partial charge in [-0.05, 0) is 63.9 Å². The second-order valence-electron chi connectivity index (χ2n) is 14.5. The number of ether oxygens (including phenoxy) is 1. The quantitative estimate of drug-likeness (QED) is 0.0392. The van der Waals surface area contributed by atoms with E-state index in [1.807, 2.05) is 6.08 Å². The average molecular weight is 711 g/mol. The second-order valence-corrected chi connectivity index (χ2v) is 14.5. The van der Waals surface area contributed by atoms with Gasteiger partial charge in [-0.2, -0.15) is 0 Å². The maximum absolute atomic E-state index is 12.6. The Labute approximate surface area is 316 Å². The van der Waals surface area contributed by atoms with Crippen molar-refractivity contribution in [3.63, 3.8) is 0 Å². The fourth-order valence-electron chi connectivity index (χ4n) is 6.31. The molecule has 0 saturated carbocycles. The SMILES string of the molecule is CC/C=C\C/C=C\C/C=C\C/C=C\C/C=C\C(CCCCC(=O)O)OC(=O)CCCCCCCCCCCCCCCCCCCCCCCC. The summed E-state index contributed by atoms with van der Waals surface area (Å²) >= 11 is 0. The molecule has 0 heterocycles. The van der Waals surface area contributed by atoms with Crippen LogP contribution in [0.5, 0.6) is 0 Å². The van der Waals surface area contributed by atoms with Crippen LogP contribution in [-0.2, 0) is 14.3 Å². The second kappa shape index (κ2) is 42.1. The maximum atomic E-state index is 12.6. The van der Waals surface area contributed by atoms with Crippen molar-refractivity contribution in [1.82, 2.24) is 0 Å². The fourth-order valence-corrected chi connectivity index (χ4v) is 6.31. The minimum absolute atomic E-state index is 0.132. The maximum Gasteiger partial charge on any atom is 0.306 e. The summed E-state index contributed by atoms with van der Waals surface area (Å²) in [5.74, 6) is -0.907. The molecule has 1 N–H and O–H groups in total. The highest BCUT2D eigenvalue weighted by atomic mass is 16.5. The van der Waals surface area contributed by atoms with Gasteiger partial charge in [0.25, 0.3) is 0 Å². The van der Waals surface area contributed by atoms with Crippen molar-refractivity contribution >= 4 is 11.9 Å². The van der Waals surface area contributed by atoms with Crippen molar-refractivity contribution in [1.29, 1.82) is 0 Å². The van der Waals surface area contributed by atoms with Gasteiger partial charge in [-0.15, -0.1) is 0 Å². The van der Waals surface area contributed by atoms with E-state index in [9.17, 15) is 9.59 Å². The molecular formula is C47H82O4. The average Bonchev–Trinajstić information content (AvgIpc) is 3.12. The Bertz CT molecular complexity index is 896. The van der Waals surface area contributed by atoms with Crippen LogP contribution < -0.4 is 0 Å². The highest BCUT2D eigenvalue weighted by Gasteiger charge is 2.12. The predicted molar refractivity (Wildman–Crippen MR) is 222 cm³/mol. The van der Waals surface area contributed by atoms with Crippen LogP contribution in [0.1, 0.15) is 219 Å². The van der Waals surface area contributed by atoms with Crippen LogP contribution in [0.2, 0.25) is 0 Å². The van der Waals surface area contributed by atoms with Crippen molar-refractivity contribution in [3.05, 3.63) is 60.8 Å². The number of carboxylic acid groups (broad SMARTS) is 1. The van der Waals surface area contributed by atoms with Gasteiger partial charge in [-0.3, -0.25) is 9.59 Å². The van der Waals surface area contributed by atoms with E-state index in [0.29, 0.717) is 19.3 Å². The zero-order valence-corrected chi connectivity index (χ0v) is 33.7. The Morgan fingerprint density at radius 1 is 0.451 bits per heavy atom. The lowest BCUT2D eigenvalue weighted by atomic mass is 10.0. The lowest BCUT2D eigenvalue weighted by Crippen LogP contribution is -2.16. The molecule has 4 heteroatoms. The van der Waals surface area contributed by atoms with Crippen LogP contribution in [0.15, 0.2) is 60.8 Å². The Hall–Kier alpha value is -2.36. The number of allylic oxidation sites excluding steroid dienone is 9. The van der Waals surface area contributed by atoms with Crippen LogP contribution >= 0.6 is 0 Å². The Morgan fingerprint density at radius 2 is 0.804 bits per heavy atom. The summed E-state index contributed by atoms with van der Waals surface area (Å²) in [4.78, 5) is 23.5. The first-order valence-electron chi connectivity index (χ1n) is 21.8. The van der Waals surface area contributed by atoms with E-state index < -0.39 is 5.97 Å². The number of unbranched alkanes of at least 4 members (excludes halogenated alkanes) is 22. The summed E-state index contributed by atoms with van der Waals surface area (Å²) in [5, 5.41) is 8.95. The summed E-state index contributed by atoms with van der Waals surface area (Å²) in [6, 6.07) is 0. The van der Waals surface area contributed by atoms with Crippen molar-refractivity contribution in [3.8, 4) is 0 Å². The number of rotatable bonds is 39. The van der Waals surface area contributed by atoms with Gasteiger partial charge < -0.3 is 9.84 Å². The lowest BCUT2D eigenvalue weighted by Gasteiger charge is -2.14. The smallest absolute Gasteiger partial charge is 0.306 e. The third kappa shape index (κ3) is 41.9. The molecule has 0 fully saturated rings. The van der Waals surface area contributed by atoms with Crippen LogP contribution in [0.4, 0.5) is 0 Å². The minimum atomic E-state index is -0.775. The largest absolute Gasteiger partial charge is 0.481 e. The number of carboxylic acids is 1. The molecule has 0 aromatic carbocycles. The number of hydrogen-bond donors (Lipinski definition) is 1. The molecule has 0 radical (unpaired) electrons. The van der Waals surface area contributed by atoms with Crippen molar-refractivity contribution in [2.24, 2.45) is 0 Å². The van der Waals surface area contributed by atoms with Gasteiger partial charge >= 0.3 is 11.9 Å². The molecule has 1 unspecified atom stereocenters. The molecule has 4 nitrogen and oxygen atoms in total. The third-order valence-electron chi connectivity index (χ3n) is 9.49. The number of carbonyl (C=O) groups excluding carboxylic acids is 1. The fraction of sp³-hybridized carbons (Fsp3) is 0.745. The molecular weight excluding hydrogens is 629 g/mol. The van der Waals surface area contributed by atoms with E-state index in [4.69, 9.17) is 9.84 Å². The summed E-state index contributed by atoms with van der Waals surface area (Å²) in [6.07, 6.45) is 58.4. The van der Waals surface area contributed by atoms with Gasteiger partial charge in [0.2, 0.25) is 0 Å². The molecule has 51 heavy (non-hydrogen) atoms. The minimum Gasteiger partial charge on any atom is -0.481 e. The molecule has 0 aliphatic carbocycles. The number of aliphatic carboxylic acids is 1. The Morgan fingerprint density at radius 3 is 1.20 bits per heavy atom. The van der Waals surface area contributed by atoms with E-state index in [-0.39, 0.29) is 18.5 Å². The summed E-state index contributed by atoms with van der Waals surface area (Å²) in [7, 11) is 0. The van der Waals surface area contributed by atoms with Crippen molar-refractivity contribution < 1.29 is 19.4 Å². The lowest BCUT2D eigenvalue weighted by molar-refractivity contribution is -0.147. The zero-order chi connectivity index (χ0) is 37.1. The summed E-state index contributed by atoms with van der Waals surface area (Å²) in [5.41, 5.74) is 0. The highest BCUT2D eigenvalue weighted by Crippen LogP contribution is 2.16. The van der Waals surface area contributed by atoms with Crippen molar-refractivity contribution in [2.45, 2.75) is 225 Å². The van der Waals surface area contributed by atoms with Crippen LogP contribution in [-0.4, -0.2) is 23.1 Å². The summed E-state index contributed by atoms with van der Waals surface area (Å²) in [6.45, 7) is 4.44. The molecule has 0 saturated heterocycles. The van der Waals surface area contributed by atoms with Gasteiger partial charge in [0.1, 0.15) is 6.10 Å². The third-order valence-corrected chi connectivity index (χ3v) is 9.49. The first-order chi connectivity index (χ1) is 25.1. The molecule has 0 aliphatic heterocycles. The Kier molecular flexibility index (Phi) is 40.1. The Balaban J connectivity index is 3.89. The first kappa shape index (κ1) is 48.6. The first-order valence-corrected chi connectivity index (χ1v) is 21.8. The van der Waals surface area contributed by atoms with Gasteiger partial charge in [-0.1, -0.05) is 203 Å². The molecule has 0 rings (SSSR count). The monoisotopic (exact) mass is 711 g/mol. The number of hydrogen-bond acceptors (Lipinski definition) is 3. The molecule has 0 bridgehead atoms.